The van der Waals surface area contributed by atoms with Crippen LogP contribution in [0.25, 0.3) is 0 Å². The summed E-state index contributed by atoms with van der Waals surface area (Å²) in [6.07, 6.45) is 0.242. The van der Waals surface area contributed by atoms with Gasteiger partial charge < -0.3 is 19.5 Å². The molecule has 0 spiro atoms. The number of ether oxygens (including phenoxy) is 3. The smallest absolute Gasteiger partial charge is 0.224 e. The molecule has 28 heavy (non-hydrogen) atoms. The van der Waals surface area contributed by atoms with Crippen molar-refractivity contribution in [2.45, 2.75) is 19.5 Å². The summed E-state index contributed by atoms with van der Waals surface area (Å²) in [5.41, 5.74) is 3.18. The monoisotopic (exact) mass is 384 g/mol. The van der Waals surface area contributed by atoms with E-state index in [-0.39, 0.29) is 12.3 Å². The number of carbonyl (C=O) groups excluding carboxylic acids is 1. The highest BCUT2D eigenvalue weighted by Crippen LogP contribution is 2.24. The predicted molar refractivity (Wildman–Crippen MR) is 108 cm³/mol. The Hall–Kier alpha value is -2.57. The van der Waals surface area contributed by atoms with E-state index in [1.807, 2.05) is 30.3 Å². The van der Waals surface area contributed by atoms with Crippen molar-refractivity contribution in [2.24, 2.45) is 0 Å². The average Bonchev–Trinajstić information content (AvgIpc) is 2.74. The molecule has 1 N–H and O–H groups in total. The second kappa shape index (κ2) is 10.1. The number of nitrogens with one attached hydrogen (secondary N) is 1. The minimum absolute atomic E-state index is 0.0484. The van der Waals surface area contributed by atoms with Gasteiger partial charge in [-0.2, -0.15) is 0 Å². The molecule has 0 aliphatic carbocycles. The van der Waals surface area contributed by atoms with Crippen LogP contribution in [-0.2, 0) is 29.0 Å². The van der Waals surface area contributed by atoms with Gasteiger partial charge in [-0.25, -0.2) is 0 Å². The van der Waals surface area contributed by atoms with Crippen LogP contribution in [0, 0.1) is 0 Å². The second-order valence-corrected chi connectivity index (χ2v) is 6.79. The number of benzene rings is 2. The maximum atomic E-state index is 12.5. The van der Waals surface area contributed by atoms with Crippen LogP contribution >= 0.6 is 0 Å². The zero-order valence-corrected chi connectivity index (χ0v) is 16.6. The van der Waals surface area contributed by atoms with Gasteiger partial charge in [0.05, 0.1) is 33.9 Å². The fourth-order valence-electron chi connectivity index (χ4n) is 3.33. The van der Waals surface area contributed by atoms with Crippen LogP contribution < -0.4 is 14.8 Å². The number of nitrogens with zero attached hydrogens (tertiary/aromatic N) is 1. The first-order valence-electron chi connectivity index (χ1n) is 9.54. The van der Waals surface area contributed by atoms with Crippen molar-refractivity contribution in [1.29, 1.82) is 0 Å². The van der Waals surface area contributed by atoms with Gasteiger partial charge in [0.2, 0.25) is 5.91 Å². The minimum Gasteiger partial charge on any atom is -0.497 e. The molecule has 150 valence electrons. The van der Waals surface area contributed by atoms with Gasteiger partial charge in [-0.1, -0.05) is 24.3 Å². The molecule has 0 aromatic heterocycles. The first kappa shape index (κ1) is 20.2. The molecule has 0 atom stereocenters. The molecule has 1 aliphatic rings. The van der Waals surface area contributed by atoms with Gasteiger partial charge >= 0.3 is 0 Å². The van der Waals surface area contributed by atoms with Gasteiger partial charge in [0, 0.05) is 31.7 Å². The maximum Gasteiger partial charge on any atom is 0.224 e. The Morgan fingerprint density at radius 3 is 2.50 bits per heavy atom. The molecule has 1 amide bonds. The molecule has 3 rings (SSSR count). The zero-order chi connectivity index (χ0) is 19.8. The van der Waals surface area contributed by atoms with E-state index < -0.39 is 0 Å². The van der Waals surface area contributed by atoms with Crippen LogP contribution in [0.5, 0.6) is 11.5 Å². The quantitative estimate of drug-likeness (QED) is 0.757. The number of hydrogen-bond acceptors (Lipinski definition) is 5. The summed E-state index contributed by atoms with van der Waals surface area (Å²) in [5, 5.41) is 3.04. The number of amides is 1. The van der Waals surface area contributed by atoms with E-state index >= 15 is 0 Å². The third-order valence-electron chi connectivity index (χ3n) is 4.93. The van der Waals surface area contributed by atoms with E-state index in [0.717, 1.165) is 44.0 Å². The summed E-state index contributed by atoms with van der Waals surface area (Å²) in [7, 11) is 3.21. The van der Waals surface area contributed by atoms with Crippen LogP contribution in [0.15, 0.2) is 42.5 Å². The first-order valence-corrected chi connectivity index (χ1v) is 9.54. The lowest BCUT2D eigenvalue weighted by Crippen LogP contribution is -2.36. The van der Waals surface area contributed by atoms with E-state index in [1.165, 1.54) is 5.56 Å². The highest BCUT2D eigenvalue weighted by Gasteiger charge is 2.14. The number of methoxy groups -OCH3 is 2. The second-order valence-electron chi connectivity index (χ2n) is 6.79. The Labute approximate surface area is 166 Å². The van der Waals surface area contributed by atoms with E-state index in [4.69, 9.17) is 14.2 Å². The molecule has 0 bridgehead atoms. The molecule has 1 aliphatic heterocycles. The van der Waals surface area contributed by atoms with Crippen LogP contribution in [0.1, 0.15) is 16.7 Å². The molecule has 0 saturated carbocycles. The van der Waals surface area contributed by atoms with Gasteiger partial charge in [0.25, 0.3) is 0 Å². The van der Waals surface area contributed by atoms with Crippen molar-refractivity contribution in [3.63, 3.8) is 0 Å². The van der Waals surface area contributed by atoms with Gasteiger partial charge in [0.15, 0.2) is 0 Å². The van der Waals surface area contributed by atoms with E-state index in [9.17, 15) is 4.79 Å². The SMILES string of the molecule is COc1ccc(OC)c(CC(=O)NCc2ccccc2CN2CCOCC2)c1. The normalized spacial score (nSPS) is 14.5. The summed E-state index contributed by atoms with van der Waals surface area (Å²) >= 11 is 0. The third kappa shape index (κ3) is 5.47. The van der Waals surface area contributed by atoms with Crippen molar-refractivity contribution >= 4 is 5.91 Å². The summed E-state index contributed by atoms with van der Waals surface area (Å²) in [4.78, 5) is 14.9. The summed E-state index contributed by atoms with van der Waals surface area (Å²) in [6, 6.07) is 13.7. The van der Waals surface area contributed by atoms with Crippen LogP contribution in [0.2, 0.25) is 0 Å². The lowest BCUT2D eigenvalue weighted by molar-refractivity contribution is -0.120. The lowest BCUT2D eigenvalue weighted by Gasteiger charge is -2.27. The Kier molecular flexibility index (Phi) is 7.28. The van der Waals surface area contributed by atoms with Crippen LogP contribution in [0.3, 0.4) is 0 Å². The highest BCUT2D eigenvalue weighted by atomic mass is 16.5. The first-order chi connectivity index (χ1) is 13.7. The molecular weight excluding hydrogens is 356 g/mol. The third-order valence-corrected chi connectivity index (χ3v) is 4.93. The molecule has 0 unspecified atom stereocenters. The standard InChI is InChI=1S/C22H28N2O4/c1-26-20-7-8-21(27-2)19(13-20)14-22(25)23-15-17-5-3-4-6-18(17)16-24-9-11-28-12-10-24/h3-8,13H,9-12,14-16H2,1-2H3,(H,23,25). The minimum atomic E-state index is -0.0484. The summed E-state index contributed by atoms with van der Waals surface area (Å²) in [5.74, 6) is 1.34. The Morgan fingerprint density at radius 2 is 1.79 bits per heavy atom. The molecule has 6 heteroatoms. The fraction of sp³-hybridized carbons (Fsp3) is 0.409. The van der Waals surface area contributed by atoms with Crippen molar-refractivity contribution < 1.29 is 19.0 Å². The van der Waals surface area contributed by atoms with Gasteiger partial charge in [-0.05, 0) is 29.3 Å². The largest absolute Gasteiger partial charge is 0.497 e. The van der Waals surface area contributed by atoms with Gasteiger partial charge in [-0.15, -0.1) is 0 Å². The molecule has 0 radical (unpaired) electrons. The van der Waals surface area contributed by atoms with Gasteiger partial charge in [0.1, 0.15) is 11.5 Å². The number of rotatable bonds is 8. The van der Waals surface area contributed by atoms with Gasteiger partial charge in [-0.3, -0.25) is 9.69 Å². The Morgan fingerprint density at radius 1 is 1.04 bits per heavy atom. The molecule has 1 saturated heterocycles. The molecule has 6 nitrogen and oxygen atoms in total. The molecular formula is C22H28N2O4. The molecule has 1 heterocycles. The van der Waals surface area contributed by atoms with E-state index in [2.05, 4.69) is 22.3 Å². The van der Waals surface area contributed by atoms with Crippen LogP contribution in [-0.4, -0.2) is 51.3 Å². The van der Waals surface area contributed by atoms with Crippen molar-refractivity contribution in [1.82, 2.24) is 10.2 Å². The lowest BCUT2D eigenvalue weighted by atomic mass is 10.1. The van der Waals surface area contributed by atoms with Crippen molar-refractivity contribution in [2.75, 3.05) is 40.5 Å². The van der Waals surface area contributed by atoms with E-state index in [0.29, 0.717) is 18.0 Å². The Balaban J connectivity index is 1.60. The van der Waals surface area contributed by atoms with Crippen LogP contribution in [0.4, 0.5) is 0 Å². The summed E-state index contributed by atoms with van der Waals surface area (Å²) < 4.78 is 16.0. The number of carbonyl (C=O) groups is 1. The number of hydrogen-bond donors (Lipinski definition) is 1. The van der Waals surface area contributed by atoms with Crippen molar-refractivity contribution in [3.05, 3.63) is 59.2 Å². The maximum absolute atomic E-state index is 12.5. The fourth-order valence-corrected chi connectivity index (χ4v) is 3.33. The molecule has 1 fully saturated rings. The highest BCUT2D eigenvalue weighted by molar-refractivity contribution is 5.79. The predicted octanol–water partition coefficient (Wildman–Crippen LogP) is 2.39. The van der Waals surface area contributed by atoms with Crippen molar-refractivity contribution in [3.8, 4) is 11.5 Å². The van der Waals surface area contributed by atoms with E-state index in [1.54, 1.807) is 14.2 Å². The summed E-state index contributed by atoms with van der Waals surface area (Å²) in [6.45, 7) is 4.82. The molecule has 2 aromatic carbocycles. The average molecular weight is 384 g/mol. The molecule has 2 aromatic rings. The number of morpholine rings is 1. The zero-order valence-electron chi connectivity index (χ0n) is 16.6. The topological polar surface area (TPSA) is 60.0 Å². The Bertz CT molecular complexity index is 788.